The maximum absolute atomic E-state index is 13.4. The zero-order valence-electron chi connectivity index (χ0n) is 24.0. The first-order valence-corrected chi connectivity index (χ1v) is 13.5. The highest BCUT2D eigenvalue weighted by atomic mass is 16.6. The molecule has 11 nitrogen and oxygen atoms in total. The number of aromatic nitrogens is 1. The number of pyridine rings is 1. The molecule has 1 saturated heterocycles. The molecule has 1 fully saturated rings. The Morgan fingerprint density at radius 3 is 2.29 bits per heavy atom. The third-order valence-corrected chi connectivity index (χ3v) is 6.46. The Morgan fingerprint density at radius 2 is 1.66 bits per heavy atom. The fourth-order valence-corrected chi connectivity index (χ4v) is 4.03. The van der Waals surface area contributed by atoms with Crippen LogP contribution in [0.2, 0.25) is 0 Å². The van der Waals surface area contributed by atoms with Crippen molar-refractivity contribution >= 4 is 29.8 Å². The third kappa shape index (κ3) is 8.12. The van der Waals surface area contributed by atoms with Gasteiger partial charge >= 0.3 is 23.9 Å². The van der Waals surface area contributed by atoms with Gasteiger partial charge in [0.1, 0.15) is 18.6 Å². The molecule has 1 amide bonds. The molecule has 220 valence electrons. The van der Waals surface area contributed by atoms with Crippen LogP contribution in [0.3, 0.4) is 0 Å². The number of nitrogens with zero attached hydrogens (tertiary/aromatic N) is 1. The van der Waals surface area contributed by atoms with Crippen molar-refractivity contribution in [3.8, 4) is 5.75 Å². The summed E-state index contributed by atoms with van der Waals surface area (Å²) in [5, 5.41) is 2.48. The van der Waals surface area contributed by atoms with E-state index in [1.54, 1.807) is 40.7 Å². The number of rotatable bonds is 8. The molecule has 1 aromatic carbocycles. The van der Waals surface area contributed by atoms with Crippen molar-refractivity contribution < 1.29 is 42.9 Å². The predicted octanol–water partition coefficient (Wildman–Crippen LogP) is 2.97. The van der Waals surface area contributed by atoms with Gasteiger partial charge in [0.25, 0.3) is 5.91 Å². The maximum atomic E-state index is 13.4. The number of nitrogens with one attached hydrogen (secondary N) is 1. The molecule has 0 radical (unpaired) electrons. The summed E-state index contributed by atoms with van der Waals surface area (Å²) in [5.41, 5.74) is 1.04. The van der Waals surface area contributed by atoms with E-state index < -0.39 is 72.4 Å². The van der Waals surface area contributed by atoms with E-state index in [0.29, 0.717) is 5.56 Å². The van der Waals surface area contributed by atoms with Crippen molar-refractivity contribution in [2.45, 2.75) is 66.2 Å². The highest BCUT2D eigenvalue weighted by molar-refractivity contribution is 5.98. The molecule has 4 atom stereocenters. The summed E-state index contributed by atoms with van der Waals surface area (Å²) in [7, 11) is 0. The van der Waals surface area contributed by atoms with Gasteiger partial charge in [-0.05, 0) is 37.5 Å². The molecule has 1 aliphatic rings. The number of esters is 4. The van der Waals surface area contributed by atoms with Crippen LogP contribution in [-0.2, 0) is 39.8 Å². The second kappa shape index (κ2) is 13.9. The molecule has 11 heteroatoms. The quantitative estimate of drug-likeness (QED) is 0.372. The SMILES string of the molecule is Cc1ccnc(C(=O)N[C@H]2COC(=O)[C@H](Cc3ccccc3)[C@@H](OC(=O)C(C)C)[C@H](C)OC2=O)c1OC(=O)C(C)C. The first-order valence-electron chi connectivity index (χ1n) is 13.5. The lowest BCUT2D eigenvalue weighted by Crippen LogP contribution is -2.47. The van der Waals surface area contributed by atoms with Crippen LogP contribution in [0.5, 0.6) is 5.75 Å². The summed E-state index contributed by atoms with van der Waals surface area (Å²) in [6, 6.07) is 9.25. The predicted molar refractivity (Wildman–Crippen MR) is 146 cm³/mol. The van der Waals surface area contributed by atoms with Gasteiger partial charge in [-0.1, -0.05) is 58.0 Å². The molecule has 0 saturated carbocycles. The van der Waals surface area contributed by atoms with Gasteiger partial charge in [-0.2, -0.15) is 0 Å². The minimum atomic E-state index is -1.42. The largest absolute Gasteiger partial charge is 0.463 e. The summed E-state index contributed by atoms with van der Waals surface area (Å²) in [6.07, 6.45) is -0.672. The van der Waals surface area contributed by atoms with Crippen molar-refractivity contribution in [2.24, 2.45) is 17.8 Å². The van der Waals surface area contributed by atoms with Crippen molar-refractivity contribution in [3.63, 3.8) is 0 Å². The van der Waals surface area contributed by atoms with E-state index in [2.05, 4.69) is 10.3 Å². The lowest BCUT2D eigenvalue weighted by molar-refractivity contribution is -0.176. The molecular weight excluding hydrogens is 532 g/mol. The Hall–Kier alpha value is -4.28. The average Bonchev–Trinajstić information content (AvgIpc) is 2.96. The average molecular weight is 569 g/mol. The Balaban J connectivity index is 1.88. The number of cyclic esters (lactones) is 2. The molecule has 2 heterocycles. The molecule has 1 aromatic heterocycles. The highest BCUT2D eigenvalue weighted by Gasteiger charge is 2.42. The number of aryl methyl sites for hydroxylation is 1. The lowest BCUT2D eigenvalue weighted by Gasteiger charge is -2.29. The van der Waals surface area contributed by atoms with E-state index in [9.17, 15) is 24.0 Å². The number of hydrogen-bond acceptors (Lipinski definition) is 10. The smallest absolute Gasteiger partial charge is 0.332 e. The summed E-state index contributed by atoms with van der Waals surface area (Å²) in [6.45, 7) is 9.20. The Kier molecular flexibility index (Phi) is 10.6. The number of carbonyl (C=O) groups is 5. The molecule has 1 N–H and O–H groups in total. The first-order chi connectivity index (χ1) is 19.4. The number of carbonyl (C=O) groups excluding carboxylic acids is 5. The zero-order valence-corrected chi connectivity index (χ0v) is 24.0. The minimum Gasteiger partial charge on any atom is -0.463 e. The van der Waals surface area contributed by atoms with Crippen molar-refractivity contribution in [1.82, 2.24) is 10.3 Å². The summed E-state index contributed by atoms with van der Waals surface area (Å²) >= 11 is 0. The van der Waals surface area contributed by atoms with E-state index in [4.69, 9.17) is 18.9 Å². The van der Waals surface area contributed by atoms with Gasteiger partial charge < -0.3 is 24.3 Å². The Bertz CT molecular complexity index is 1280. The van der Waals surface area contributed by atoms with Gasteiger partial charge in [-0.15, -0.1) is 0 Å². The second-order valence-electron chi connectivity index (χ2n) is 10.5. The van der Waals surface area contributed by atoms with Crippen LogP contribution in [0.15, 0.2) is 42.6 Å². The lowest BCUT2D eigenvalue weighted by atomic mass is 9.91. The molecule has 1 aliphatic heterocycles. The van der Waals surface area contributed by atoms with E-state index in [1.165, 1.54) is 13.1 Å². The zero-order chi connectivity index (χ0) is 30.3. The fourth-order valence-electron chi connectivity index (χ4n) is 4.03. The molecule has 2 aromatic rings. The van der Waals surface area contributed by atoms with Crippen LogP contribution in [0.25, 0.3) is 0 Å². The van der Waals surface area contributed by atoms with Gasteiger partial charge in [0.2, 0.25) is 0 Å². The van der Waals surface area contributed by atoms with Gasteiger partial charge in [0.15, 0.2) is 23.6 Å². The van der Waals surface area contributed by atoms with Crippen LogP contribution in [-0.4, -0.2) is 59.6 Å². The summed E-state index contributed by atoms with van der Waals surface area (Å²) in [4.78, 5) is 68.6. The molecule has 0 unspecified atom stereocenters. The van der Waals surface area contributed by atoms with Crippen LogP contribution >= 0.6 is 0 Å². The van der Waals surface area contributed by atoms with Gasteiger partial charge in [0, 0.05) is 6.20 Å². The van der Waals surface area contributed by atoms with Crippen LogP contribution < -0.4 is 10.1 Å². The number of amides is 1. The number of ether oxygens (including phenoxy) is 4. The topological polar surface area (TPSA) is 147 Å². The van der Waals surface area contributed by atoms with Gasteiger partial charge in [0.05, 0.1) is 11.8 Å². The highest BCUT2D eigenvalue weighted by Crippen LogP contribution is 2.26. The first kappa shape index (κ1) is 31.3. The Morgan fingerprint density at radius 1 is 1.00 bits per heavy atom. The summed E-state index contributed by atoms with van der Waals surface area (Å²) in [5.74, 6) is -5.59. The second-order valence-corrected chi connectivity index (χ2v) is 10.5. The minimum absolute atomic E-state index is 0.0471. The van der Waals surface area contributed by atoms with Crippen molar-refractivity contribution in [2.75, 3.05) is 6.61 Å². The van der Waals surface area contributed by atoms with E-state index in [-0.39, 0.29) is 17.9 Å². The normalized spacial score (nSPS) is 21.2. The van der Waals surface area contributed by atoms with Crippen molar-refractivity contribution in [3.05, 3.63) is 59.4 Å². The molecule has 41 heavy (non-hydrogen) atoms. The molecule has 0 aliphatic carbocycles. The number of benzene rings is 1. The Labute approximate surface area is 238 Å². The van der Waals surface area contributed by atoms with E-state index in [1.807, 2.05) is 30.3 Å². The monoisotopic (exact) mass is 568 g/mol. The van der Waals surface area contributed by atoms with Crippen LogP contribution in [0, 0.1) is 24.7 Å². The molecule has 0 bridgehead atoms. The molecular formula is C30H36N2O9. The standard InChI is InChI=1S/C30H36N2O9/c1-16(2)27(34)40-24-18(5)12-13-31-23(24)26(33)32-22-15-38-29(36)21(14-20-10-8-7-9-11-20)25(19(6)39-30(22)37)41-28(35)17(3)4/h7-13,16-17,19,21-22,25H,14-15H2,1-6H3,(H,32,33)/t19-,21+,22-,25-/m0/s1. The molecule has 3 rings (SSSR count). The fraction of sp³-hybridized carbons (Fsp3) is 0.467. The third-order valence-electron chi connectivity index (χ3n) is 6.46. The van der Waals surface area contributed by atoms with Gasteiger partial charge in [-0.3, -0.25) is 19.2 Å². The van der Waals surface area contributed by atoms with Crippen LogP contribution in [0.1, 0.15) is 56.2 Å². The van der Waals surface area contributed by atoms with E-state index >= 15 is 0 Å². The van der Waals surface area contributed by atoms with Crippen molar-refractivity contribution in [1.29, 1.82) is 0 Å². The van der Waals surface area contributed by atoms with Gasteiger partial charge in [-0.25, -0.2) is 9.78 Å². The summed E-state index contributed by atoms with van der Waals surface area (Å²) < 4.78 is 22.2. The number of hydrogen-bond donors (Lipinski definition) is 1. The van der Waals surface area contributed by atoms with E-state index in [0.717, 1.165) is 5.56 Å². The molecule has 0 spiro atoms. The van der Waals surface area contributed by atoms with Crippen LogP contribution in [0.4, 0.5) is 0 Å². The maximum Gasteiger partial charge on any atom is 0.332 e.